The molecule has 2 aliphatic rings. The van der Waals surface area contributed by atoms with Gasteiger partial charge >= 0.3 is 0 Å². The predicted molar refractivity (Wildman–Crippen MR) is 68.6 cm³/mol. The quantitative estimate of drug-likeness (QED) is 0.772. The van der Waals surface area contributed by atoms with E-state index in [4.69, 9.17) is 23.2 Å². The molecular weight excluding hydrogens is 245 g/mol. The number of anilines is 1. The summed E-state index contributed by atoms with van der Waals surface area (Å²) in [4.78, 5) is 6.75. The lowest BCUT2D eigenvalue weighted by atomic mass is 10.1. The molecule has 1 saturated heterocycles. The number of benzene rings is 1. The maximum atomic E-state index is 6.05. The van der Waals surface area contributed by atoms with Gasteiger partial charge in [0.2, 0.25) is 0 Å². The van der Waals surface area contributed by atoms with E-state index in [1.807, 2.05) is 18.3 Å². The number of nitrogens with one attached hydrogen (secondary N) is 1. The molecule has 5 heteroatoms. The smallest absolute Gasteiger partial charge is 0.0876 e. The number of piperazine rings is 1. The van der Waals surface area contributed by atoms with Crippen molar-refractivity contribution in [2.45, 2.75) is 6.04 Å². The minimum absolute atomic E-state index is 0.332. The molecule has 0 aliphatic carbocycles. The minimum atomic E-state index is 0.332. The highest BCUT2D eigenvalue weighted by Crippen LogP contribution is 2.39. The van der Waals surface area contributed by atoms with E-state index >= 15 is 0 Å². The van der Waals surface area contributed by atoms with Crippen molar-refractivity contribution in [3.63, 3.8) is 0 Å². The van der Waals surface area contributed by atoms with Crippen LogP contribution in [0.25, 0.3) is 0 Å². The highest BCUT2D eigenvalue weighted by atomic mass is 35.5. The Kier molecular flexibility index (Phi) is 2.54. The zero-order valence-corrected chi connectivity index (χ0v) is 10.1. The van der Waals surface area contributed by atoms with Gasteiger partial charge in [-0.15, -0.1) is 0 Å². The van der Waals surface area contributed by atoms with Gasteiger partial charge in [0.05, 0.1) is 27.5 Å². The molecule has 2 aliphatic heterocycles. The lowest BCUT2D eigenvalue weighted by Gasteiger charge is -2.38. The van der Waals surface area contributed by atoms with E-state index in [0.29, 0.717) is 16.1 Å². The van der Waals surface area contributed by atoms with Gasteiger partial charge in [-0.25, -0.2) is 0 Å². The largest absolute Gasteiger partial charge is 0.359 e. The fourth-order valence-corrected chi connectivity index (χ4v) is 2.50. The Morgan fingerprint density at radius 2 is 2.12 bits per heavy atom. The van der Waals surface area contributed by atoms with Gasteiger partial charge in [0.1, 0.15) is 0 Å². The van der Waals surface area contributed by atoms with Gasteiger partial charge in [-0.2, -0.15) is 0 Å². The molecule has 0 aromatic heterocycles. The van der Waals surface area contributed by atoms with Gasteiger partial charge in [0.25, 0.3) is 0 Å². The fraction of sp³-hybridized carbons (Fsp3) is 0.364. The van der Waals surface area contributed by atoms with Crippen molar-refractivity contribution in [2.75, 3.05) is 24.5 Å². The van der Waals surface area contributed by atoms with Crippen LogP contribution in [0, 0.1) is 0 Å². The van der Waals surface area contributed by atoms with Gasteiger partial charge < -0.3 is 10.2 Å². The van der Waals surface area contributed by atoms with E-state index in [-0.39, 0.29) is 0 Å². The van der Waals surface area contributed by atoms with Gasteiger partial charge in [-0.1, -0.05) is 23.2 Å². The number of hydrogen-bond acceptors (Lipinski definition) is 3. The third kappa shape index (κ3) is 1.59. The number of fused-ring (bicyclic) bond motifs is 3. The van der Waals surface area contributed by atoms with Crippen LogP contribution in [0.3, 0.4) is 0 Å². The van der Waals surface area contributed by atoms with E-state index in [1.165, 1.54) is 0 Å². The normalized spacial score (nSPS) is 22.9. The standard InChI is InChI=1S/C11H11Cl2N3/c12-8-3-10-11(4-9(8)13)16-2-1-14-5-7(16)6-15-10/h3-4,6-7,14H,1-2,5H2/t7-/m1/s1. The molecule has 1 atom stereocenters. The van der Waals surface area contributed by atoms with Crippen molar-refractivity contribution in [1.29, 1.82) is 0 Å². The van der Waals surface area contributed by atoms with Gasteiger partial charge in [0.15, 0.2) is 0 Å². The number of rotatable bonds is 0. The molecular formula is C11H11Cl2N3. The van der Waals surface area contributed by atoms with Crippen LogP contribution in [0.4, 0.5) is 11.4 Å². The summed E-state index contributed by atoms with van der Waals surface area (Å²) in [5, 5.41) is 4.50. The molecule has 3 rings (SSSR count). The lowest BCUT2D eigenvalue weighted by molar-refractivity contribution is 0.547. The van der Waals surface area contributed by atoms with Crippen LogP contribution in [0.2, 0.25) is 10.0 Å². The van der Waals surface area contributed by atoms with Crippen LogP contribution in [0.5, 0.6) is 0 Å². The Morgan fingerprint density at radius 3 is 3.00 bits per heavy atom. The summed E-state index contributed by atoms with van der Waals surface area (Å²) in [7, 11) is 0. The molecule has 1 fully saturated rings. The third-order valence-corrected chi connectivity index (χ3v) is 3.72. The lowest BCUT2D eigenvalue weighted by Crippen LogP contribution is -2.53. The van der Waals surface area contributed by atoms with Crippen molar-refractivity contribution in [3.8, 4) is 0 Å². The van der Waals surface area contributed by atoms with E-state index in [0.717, 1.165) is 31.0 Å². The zero-order chi connectivity index (χ0) is 11.1. The summed E-state index contributed by atoms with van der Waals surface area (Å²) in [6.45, 7) is 2.90. The molecule has 0 unspecified atom stereocenters. The van der Waals surface area contributed by atoms with Crippen molar-refractivity contribution >= 4 is 40.8 Å². The number of hydrogen-bond donors (Lipinski definition) is 1. The molecule has 16 heavy (non-hydrogen) atoms. The highest BCUT2D eigenvalue weighted by Gasteiger charge is 2.26. The molecule has 2 heterocycles. The summed E-state index contributed by atoms with van der Waals surface area (Å²) in [5.41, 5.74) is 2.00. The summed E-state index contributed by atoms with van der Waals surface area (Å²) in [6.07, 6.45) is 1.97. The Bertz CT molecular complexity index is 459. The summed E-state index contributed by atoms with van der Waals surface area (Å²) >= 11 is 12.0. The van der Waals surface area contributed by atoms with Crippen LogP contribution in [-0.2, 0) is 0 Å². The van der Waals surface area contributed by atoms with E-state index < -0.39 is 0 Å². The molecule has 1 aromatic carbocycles. The van der Waals surface area contributed by atoms with Crippen LogP contribution in [0.15, 0.2) is 17.1 Å². The molecule has 0 amide bonds. The number of nitrogens with zero attached hydrogens (tertiary/aromatic N) is 2. The predicted octanol–water partition coefficient (Wildman–Crippen LogP) is 2.49. The molecule has 0 bridgehead atoms. The SMILES string of the molecule is Clc1cc2c(cc1Cl)N1CCNC[C@@H]1C=N2. The third-order valence-electron chi connectivity index (χ3n) is 3.00. The van der Waals surface area contributed by atoms with Crippen LogP contribution >= 0.6 is 23.2 Å². The van der Waals surface area contributed by atoms with Gasteiger partial charge in [0, 0.05) is 25.8 Å². The van der Waals surface area contributed by atoms with E-state index in [1.54, 1.807) is 0 Å². The van der Waals surface area contributed by atoms with Crippen LogP contribution < -0.4 is 10.2 Å². The second-order valence-corrected chi connectivity index (χ2v) is 4.81. The summed E-state index contributed by atoms with van der Waals surface area (Å²) < 4.78 is 0. The first kappa shape index (κ1) is 10.4. The topological polar surface area (TPSA) is 27.6 Å². The number of aliphatic imine (C=N–C) groups is 1. The van der Waals surface area contributed by atoms with Crippen LogP contribution in [-0.4, -0.2) is 31.9 Å². The van der Waals surface area contributed by atoms with E-state index in [9.17, 15) is 0 Å². The zero-order valence-electron chi connectivity index (χ0n) is 8.58. The second kappa shape index (κ2) is 3.91. The Morgan fingerprint density at radius 1 is 1.31 bits per heavy atom. The average molecular weight is 256 g/mol. The molecule has 0 saturated carbocycles. The Hall–Kier alpha value is -0.770. The first-order valence-corrected chi connectivity index (χ1v) is 6.02. The maximum absolute atomic E-state index is 6.05. The van der Waals surface area contributed by atoms with Crippen molar-refractivity contribution in [2.24, 2.45) is 4.99 Å². The second-order valence-electron chi connectivity index (χ2n) is 4.00. The fourth-order valence-electron chi connectivity index (χ4n) is 2.18. The first-order valence-electron chi connectivity index (χ1n) is 5.26. The average Bonchev–Trinajstić information content (AvgIpc) is 2.31. The first-order chi connectivity index (χ1) is 7.75. The summed E-state index contributed by atoms with van der Waals surface area (Å²) in [6, 6.07) is 4.07. The Balaban J connectivity index is 2.09. The molecule has 0 radical (unpaired) electrons. The maximum Gasteiger partial charge on any atom is 0.0876 e. The van der Waals surface area contributed by atoms with Crippen molar-refractivity contribution in [1.82, 2.24) is 5.32 Å². The van der Waals surface area contributed by atoms with Crippen LogP contribution in [0.1, 0.15) is 0 Å². The van der Waals surface area contributed by atoms with Crippen molar-refractivity contribution < 1.29 is 0 Å². The molecule has 0 spiro atoms. The highest BCUT2D eigenvalue weighted by molar-refractivity contribution is 6.42. The molecule has 1 aromatic rings. The molecule has 84 valence electrons. The minimum Gasteiger partial charge on any atom is -0.359 e. The molecule has 3 nitrogen and oxygen atoms in total. The van der Waals surface area contributed by atoms with E-state index in [2.05, 4.69) is 15.2 Å². The van der Waals surface area contributed by atoms with Gasteiger partial charge in [-0.3, -0.25) is 4.99 Å². The monoisotopic (exact) mass is 255 g/mol. The molecule has 1 N–H and O–H groups in total. The van der Waals surface area contributed by atoms with Crippen molar-refractivity contribution in [3.05, 3.63) is 22.2 Å². The van der Waals surface area contributed by atoms with Gasteiger partial charge in [-0.05, 0) is 12.1 Å². The number of halogens is 2. The summed E-state index contributed by atoms with van der Waals surface area (Å²) in [5.74, 6) is 0. The Labute approximate surface area is 104 Å².